The molecule has 0 bridgehead atoms. The van der Waals surface area contributed by atoms with E-state index in [4.69, 9.17) is 4.74 Å². The lowest BCUT2D eigenvalue weighted by molar-refractivity contribution is -0.140. The van der Waals surface area contributed by atoms with Crippen molar-refractivity contribution in [3.63, 3.8) is 0 Å². The second kappa shape index (κ2) is 10.9. The number of hydrogen-bond acceptors (Lipinski definition) is 4. The zero-order valence-electron chi connectivity index (χ0n) is 20.4. The maximum absolute atomic E-state index is 13.3. The average Bonchev–Trinajstić information content (AvgIpc) is 3.42. The van der Waals surface area contributed by atoms with E-state index in [0.29, 0.717) is 25.3 Å². The van der Waals surface area contributed by atoms with Gasteiger partial charge in [0.1, 0.15) is 12.6 Å². The fourth-order valence-electron chi connectivity index (χ4n) is 5.28. The van der Waals surface area contributed by atoms with Crippen molar-refractivity contribution in [2.75, 3.05) is 13.2 Å². The Morgan fingerprint density at radius 1 is 1.03 bits per heavy atom. The number of nitrogens with one attached hydrogen (secondary N) is 1. The summed E-state index contributed by atoms with van der Waals surface area (Å²) in [6, 6.07) is 15.2. The molecule has 0 aromatic heterocycles. The Morgan fingerprint density at radius 2 is 1.66 bits per heavy atom. The van der Waals surface area contributed by atoms with Crippen LogP contribution in [0, 0.1) is 5.92 Å². The normalized spacial score (nSPS) is 17.7. The first-order valence-corrected chi connectivity index (χ1v) is 12.5. The van der Waals surface area contributed by atoms with Gasteiger partial charge in [-0.05, 0) is 53.9 Å². The topological polar surface area (TPSA) is 95.9 Å². The van der Waals surface area contributed by atoms with Crippen molar-refractivity contribution < 1.29 is 24.2 Å². The highest BCUT2D eigenvalue weighted by Crippen LogP contribution is 2.44. The van der Waals surface area contributed by atoms with Gasteiger partial charge in [-0.2, -0.15) is 0 Å². The van der Waals surface area contributed by atoms with Gasteiger partial charge in [0.2, 0.25) is 5.91 Å². The van der Waals surface area contributed by atoms with Gasteiger partial charge in [0.05, 0.1) is 6.42 Å². The van der Waals surface area contributed by atoms with E-state index in [1.165, 1.54) is 0 Å². The number of ether oxygens (including phenoxy) is 1. The van der Waals surface area contributed by atoms with Crippen molar-refractivity contribution in [3.05, 3.63) is 59.7 Å². The van der Waals surface area contributed by atoms with E-state index in [1.807, 2.05) is 24.3 Å². The molecular formula is C28H34N2O5. The van der Waals surface area contributed by atoms with Gasteiger partial charge < -0.3 is 20.1 Å². The number of rotatable bonds is 9. The molecule has 2 aliphatic rings. The lowest BCUT2D eigenvalue weighted by Gasteiger charge is -2.29. The molecule has 1 unspecified atom stereocenters. The fraction of sp³-hybridized carbons (Fsp3) is 0.464. The standard InChI is InChI=1S/C28H34N2O5/c1-18(2)13-14-25(27(33)30-15-7-8-19(30)16-26(31)32)29-28(34)35-17-24-22-11-5-3-9-20(22)21-10-4-6-12-23(21)24/h3-6,9-12,18-19,24-25H,7-8,13-17H2,1-2H3,(H,29,34)(H,31,32)/t19-,25?/m0/s1. The third-order valence-corrected chi connectivity index (χ3v) is 7.04. The summed E-state index contributed by atoms with van der Waals surface area (Å²) < 4.78 is 5.67. The fourth-order valence-corrected chi connectivity index (χ4v) is 5.28. The molecular weight excluding hydrogens is 444 g/mol. The van der Waals surface area contributed by atoms with Crippen LogP contribution in [0.3, 0.4) is 0 Å². The zero-order valence-corrected chi connectivity index (χ0v) is 20.4. The van der Waals surface area contributed by atoms with Gasteiger partial charge in [0.25, 0.3) is 0 Å². The van der Waals surface area contributed by atoms with Crippen LogP contribution in [-0.2, 0) is 14.3 Å². The number of fused-ring (bicyclic) bond motifs is 3. The third-order valence-electron chi connectivity index (χ3n) is 7.04. The minimum absolute atomic E-state index is 0.0588. The number of amides is 2. The molecule has 0 spiro atoms. The predicted molar refractivity (Wildman–Crippen MR) is 133 cm³/mol. The van der Waals surface area contributed by atoms with Crippen molar-refractivity contribution in [2.45, 2.75) is 64.0 Å². The number of carbonyl (C=O) groups is 3. The third kappa shape index (κ3) is 5.66. The number of hydrogen-bond donors (Lipinski definition) is 2. The van der Waals surface area contributed by atoms with Gasteiger partial charge in [0.15, 0.2) is 0 Å². The lowest BCUT2D eigenvalue weighted by atomic mass is 9.98. The number of likely N-dealkylation sites (tertiary alicyclic amines) is 1. The van der Waals surface area contributed by atoms with Crippen LogP contribution >= 0.6 is 0 Å². The molecule has 0 saturated carbocycles. The van der Waals surface area contributed by atoms with E-state index in [-0.39, 0.29) is 30.9 Å². The smallest absolute Gasteiger partial charge is 0.407 e. The Hall–Kier alpha value is -3.35. The van der Waals surface area contributed by atoms with Gasteiger partial charge in [-0.25, -0.2) is 4.79 Å². The van der Waals surface area contributed by atoms with Gasteiger partial charge in [-0.3, -0.25) is 9.59 Å². The van der Waals surface area contributed by atoms with Crippen molar-refractivity contribution in [3.8, 4) is 11.1 Å². The molecule has 35 heavy (non-hydrogen) atoms. The maximum atomic E-state index is 13.3. The minimum Gasteiger partial charge on any atom is -0.481 e. The van der Waals surface area contributed by atoms with Crippen LogP contribution in [0.2, 0.25) is 0 Å². The molecule has 2 atom stereocenters. The SMILES string of the molecule is CC(C)CCC(NC(=O)OCC1c2ccccc2-c2ccccc21)C(=O)N1CCC[C@H]1CC(=O)O. The first-order chi connectivity index (χ1) is 16.8. The van der Waals surface area contributed by atoms with Crippen molar-refractivity contribution in [1.29, 1.82) is 0 Å². The molecule has 0 radical (unpaired) electrons. The van der Waals surface area contributed by atoms with Crippen molar-refractivity contribution >= 4 is 18.0 Å². The summed E-state index contributed by atoms with van der Waals surface area (Å²) in [5, 5.41) is 12.0. The Kier molecular flexibility index (Phi) is 7.73. The van der Waals surface area contributed by atoms with Crippen molar-refractivity contribution in [1.82, 2.24) is 10.2 Å². The van der Waals surface area contributed by atoms with E-state index in [0.717, 1.165) is 35.1 Å². The maximum Gasteiger partial charge on any atom is 0.407 e. The predicted octanol–water partition coefficient (Wildman–Crippen LogP) is 4.80. The van der Waals surface area contributed by atoms with Gasteiger partial charge in [-0.1, -0.05) is 62.4 Å². The number of benzene rings is 2. The van der Waals surface area contributed by atoms with E-state index in [1.54, 1.807) is 4.90 Å². The summed E-state index contributed by atoms with van der Waals surface area (Å²) in [5.41, 5.74) is 4.56. The summed E-state index contributed by atoms with van der Waals surface area (Å²) in [6.45, 7) is 4.83. The first kappa shape index (κ1) is 24.8. The number of aliphatic carboxylic acids is 1. The largest absolute Gasteiger partial charge is 0.481 e. The van der Waals surface area contributed by atoms with Crippen LogP contribution in [0.5, 0.6) is 0 Å². The molecule has 2 N–H and O–H groups in total. The average molecular weight is 479 g/mol. The minimum atomic E-state index is -0.919. The van der Waals surface area contributed by atoms with Crippen LogP contribution in [0.15, 0.2) is 48.5 Å². The summed E-state index contributed by atoms with van der Waals surface area (Å²) in [6.07, 6.45) is 1.98. The molecule has 1 fully saturated rings. The molecule has 2 amide bonds. The van der Waals surface area contributed by atoms with E-state index >= 15 is 0 Å². The number of nitrogens with zero attached hydrogens (tertiary/aromatic N) is 1. The second-order valence-corrected chi connectivity index (χ2v) is 9.92. The quantitative estimate of drug-likeness (QED) is 0.540. The Balaban J connectivity index is 1.43. The lowest BCUT2D eigenvalue weighted by Crippen LogP contribution is -2.50. The zero-order chi connectivity index (χ0) is 24.9. The second-order valence-electron chi connectivity index (χ2n) is 9.92. The Morgan fingerprint density at radius 3 is 2.26 bits per heavy atom. The molecule has 4 rings (SSSR count). The Labute approximate surface area is 206 Å². The van der Waals surface area contributed by atoms with Gasteiger partial charge >= 0.3 is 12.1 Å². The van der Waals surface area contributed by atoms with Crippen LogP contribution in [0.4, 0.5) is 4.79 Å². The van der Waals surface area contributed by atoms with E-state index in [9.17, 15) is 19.5 Å². The van der Waals surface area contributed by atoms with Crippen molar-refractivity contribution in [2.24, 2.45) is 5.92 Å². The number of carbonyl (C=O) groups excluding carboxylic acids is 2. The molecule has 7 nitrogen and oxygen atoms in total. The number of carboxylic acid groups (broad SMARTS) is 1. The summed E-state index contributed by atoms with van der Waals surface area (Å²) in [5.74, 6) is -0.833. The first-order valence-electron chi connectivity index (χ1n) is 12.5. The number of carboxylic acids is 1. The highest BCUT2D eigenvalue weighted by molar-refractivity contribution is 5.86. The van der Waals surface area contributed by atoms with Crippen LogP contribution in [-0.4, -0.2) is 53.2 Å². The van der Waals surface area contributed by atoms with Gasteiger partial charge in [0, 0.05) is 18.5 Å². The molecule has 2 aromatic rings. The molecule has 1 aliphatic heterocycles. The summed E-state index contributed by atoms with van der Waals surface area (Å²) in [7, 11) is 0. The number of alkyl carbamates (subject to hydrolysis) is 1. The van der Waals surface area contributed by atoms with Crippen LogP contribution in [0.25, 0.3) is 11.1 Å². The Bertz CT molecular complexity index is 1040. The molecule has 1 heterocycles. The molecule has 2 aromatic carbocycles. The molecule has 1 saturated heterocycles. The summed E-state index contributed by atoms with van der Waals surface area (Å²) in [4.78, 5) is 39.1. The van der Waals surface area contributed by atoms with E-state index < -0.39 is 18.1 Å². The monoisotopic (exact) mass is 478 g/mol. The van der Waals surface area contributed by atoms with Gasteiger partial charge in [-0.15, -0.1) is 0 Å². The van der Waals surface area contributed by atoms with Crippen LogP contribution in [0.1, 0.15) is 63.0 Å². The molecule has 1 aliphatic carbocycles. The van der Waals surface area contributed by atoms with Crippen LogP contribution < -0.4 is 5.32 Å². The van der Waals surface area contributed by atoms with E-state index in [2.05, 4.69) is 43.4 Å². The highest BCUT2D eigenvalue weighted by atomic mass is 16.5. The molecule has 7 heteroatoms. The molecule has 186 valence electrons. The summed E-state index contributed by atoms with van der Waals surface area (Å²) >= 11 is 0. The highest BCUT2D eigenvalue weighted by Gasteiger charge is 2.35.